The van der Waals surface area contributed by atoms with Crippen LogP contribution in [0.2, 0.25) is 0 Å². The van der Waals surface area contributed by atoms with Crippen molar-refractivity contribution in [3.05, 3.63) is 34.2 Å². The maximum absolute atomic E-state index is 11.9. The van der Waals surface area contributed by atoms with Crippen molar-refractivity contribution in [2.75, 3.05) is 5.75 Å². The highest BCUT2D eigenvalue weighted by Crippen LogP contribution is 2.15. The molecule has 106 valence electrons. The van der Waals surface area contributed by atoms with Gasteiger partial charge in [-0.2, -0.15) is 0 Å². The van der Waals surface area contributed by atoms with Gasteiger partial charge in [-0.05, 0) is 26.8 Å². The Labute approximate surface area is 111 Å². The van der Waals surface area contributed by atoms with Gasteiger partial charge in [0.25, 0.3) is 5.56 Å². The molecule has 1 N–H and O–H groups in total. The lowest BCUT2D eigenvalue weighted by atomic mass is 10.3. The van der Waals surface area contributed by atoms with E-state index in [0.717, 1.165) is 6.07 Å². The highest BCUT2D eigenvalue weighted by molar-refractivity contribution is 7.92. The van der Waals surface area contributed by atoms with Gasteiger partial charge in [-0.25, -0.2) is 13.2 Å². The van der Waals surface area contributed by atoms with Crippen LogP contribution in [0.15, 0.2) is 23.1 Å². The van der Waals surface area contributed by atoms with Crippen LogP contribution in [-0.4, -0.2) is 34.6 Å². The molecule has 0 unspecified atom stereocenters. The number of sulfone groups is 1. The van der Waals surface area contributed by atoms with Gasteiger partial charge in [-0.15, -0.1) is 0 Å². The van der Waals surface area contributed by atoms with E-state index in [1.54, 1.807) is 20.8 Å². The third kappa shape index (κ3) is 3.66. The van der Waals surface area contributed by atoms with E-state index in [1.165, 1.54) is 16.8 Å². The lowest BCUT2D eigenvalue weighted by Gasteiger charge is -2.19. The van der Waals surface area contributed by atoms with Crippen LogP contribution >= 0.6 is 0 Å². The Hall–Kier alpha value is -1.63. The molecule has 1 heterocycles. The van der Waals surface area contributed by atoms with E-state index in [2.05, 4.69) is 0 Å². The number of nitrogens with zero attached hydrogens (tertiary/aromatic N) is 1. The predicted molar refractivity (Wildman–Crippen MR) is 71.2 cm³/mol. The fourth-order valence-corrected chi connectivity index (χ4v) is 2.40. The molecule has 0 saturated heterocycles. The summed E-state index contributed by atoms with van der Waals surface area (Å²) in [6.07, 6.45) is 1.30. The quantitative estimate of drug-likeness (QED) is 0.882. The van der Waals surface area contributed by atoms with Crippen molar-refractivity contribution in [1.29, 1.82) is 0 Å². The lowest BCUT2D eigenvalue weighted by molar-refractivity contribution is 0.0696. The van der Waals surface area contributed by atoms with Crippen LogP contribution in [0.1, 0.15) is 31.1 Å². The maximum atomic E-state index is 11.9. The zero-order chi connectivity index (χ0) is 14.8. The fourth-order valence-electron chi connectivity index (χ4n) is 1.35. The van der Waals surface area contributed by atoms with Gasteiger partial charge in [0.1, 0.15) is 0 Å². The van der Waals surface area contributed by atoms with Gasteiger partial charge >= 0.3 is 5.97 Å². The molecule has 6 nitrogen and oxygen atoms in total. The number of pyridine rings is 1. The zero-order valence-corrected chi connectivity index (χ0v) is 11.9. The van der Waals surface area contributed by atoms with E-state index >= 15 is 0 Å². The van der Waals surface area contributed by atoms with Crippen LogP contribution in [0.3, 0.4) is 0 Å². The summed E-state index contributed by atoms with van der Waals surface area (Å²) in [5.41, 5.74) is -0.635. The van der Waals surface area contributed by atoms with Crippen LogP contribution in [0.25, 0.3) is 0 Å². The molecule has 0 aromatic carbocycles. The molecule has 1 aromatic heterocycles. The third-order valence-electron chi connectivity index (χ3n) is 2.78. The molecule has 0 aliphatic rings. The average Bonchev–Trinajstić information content (AvgIpc) is 2.25. The summed E-state index contributed by atoms with van der Waals surface area (Å²) >= 11 is 0. The summed E-state index contributed by atoms with van der Waals surface area (Å²) in [7, 11) is -3.32. The Morgan fingerprint density at radius 3 is 2.37 bits per heavy atom. The first-order valence-corrected chi connectivity index (χ1v) is 7.36. The van der Waals surface area contributed by atoms with Crippen molar-refractivity contribution in [1.82, 2.24) is 4.57 Å². The Morgan fingerprint density at radius 1 is 1.37 bits per heavy atom. The number of hydrogen-bond donors (Lipinski definition) is 1. The molecule has 0 saturated carbocycles. The van der Waals surface area contributed by atoms with Crippen molar-refractivity contribution in [2.24, 2.45) is 0 Å². The molecular weight excluding hydrogens is 270 g/mol. The highest BCUT2D eigenvalue weighted by atomic mass is 32.2. The van der Waals surface area contributed by atoms with Gasteiger partial charge in [0, 0.05) is 18.8 Å². The molecule has 19 heavy (non-hydrogen) atoms. The number of aryl methyl sites for hydroxylation is 1. The maximum Gasteiger partial charge on any atom is 0.335 e. The summed E-state index contributed by atoms with van der Waals surface area (Å²) in [4.78, 5) is 22.3. The number of carboxylic acids is 1. The van der Waals surface area contributed by atoms with Crippen LogP contribution in [0.5, 0.6) is 0 Å². The van der Waals surface area contributed by atoms with E-state index in [9.17, 15) is 18.0 Å². The first kappa shape index (κ1) is 15.4. The molecule has 0 spiro atoms. The van der Waals surface area contributed by atoms with Gasteiger partial charge in [-0.1, -0.05) is 0 Å². The van der Waals surface area contributed by atoms with Crippen molar-refractivity contribution in [2.45, 2.75) is 32.1 Å². The highest BCUT2D eigenvalue weighted by Gasteiger charge is 2.28. The molecule has 0 amide bonds. The standard InChI is InChI=1S/C12H17NO5S/c1-12(2,3)19(17,18)7-6-13-5-4-9(11(15)16)8-10(13)14/h4-5,8H,6-7H2,1-3H3,(H,15,16). The number of carboxylic acid groups (broad SMARTS) is 1. The minimum atomic E-state index is -3.32. The van der Waals surface area contributed by atoms with Gasteiger partial charge in [0.2, 0.25) is 0 Å². The Bertz CT molecular complexity index is 637. The Balaban J connectivity index is 2.92. The van der Waals surface area contributed by atoms with Crippen LogP contribution < -0.4 is 5.56 Å². The van der Waals surface area contributed by atoms with E-state index in [0.29, 0.717) is 0 Å². The SMILES string of the molecule is CC(C)(C)S(=O)(=O)CCn1ccc(C(=O)O)cc1=O. The largest absolute Gasteiger partial charge is 0.478 e. The second-order valence-electron chi connectivity index (χ2n) is 5.18. The van der Waals surface area contributed by atoms with Crippen LogP contribution in [-0.2, 0) is 16.4 Å². The topological polar surface area (TPSA) is 93.4 Å². The summed E-state index contributed by atoms with van der Waals surface area (Å²) in [6.45, 7) is 4.80. The summed E-state index contributed by atoms with van der Waals surface area (Å²) < 4.78 is 24.1. The number of rotatable bonds is 4. The molecule has 0 radical (unpaired) electrons. The Kier molecular flexibility index (Phi) is 4.19. The minimum Gasteiger partial charge on any atom is -0.478 e. The number of carbonyl (C=O) groups is 1. The summed E-state index contributed by atoms with van der Waals surface area (Å²) in [5.74, 6) is -1.35. The number of hydrogen-bond acceptors (Lipinski definition) is 4. The van der Waals surface area contributed by atoms with E-state index < -0.39 is 26.1 Å². The molecule has 0 fully saturated rings. The van der Waals surface area contributed by atoms with Crippen LogP contribution in [0, 0.1) is 0 Å². The monoisotopic (exact) mass is 287 g/mol. The number of aromatic carboxylic acids is 1. The molecule has 0 aliphatic carbocycles. The van der Waals surface area contributed by atoms with Crippen molar-refractivity contribution in [3.8, 4) is 0 Å². The smallest absolute Gasteiger partial charge is 0.335 e. The lowest BCUT2D eigenvalue weighted by Crippen LogP contribution is -2.33. The van der Waals surface area contributed by atoms with Gasteiger partial charge < -0.3 is 9.67 Å². The second kappa shape index (κ2) is 5.16. The molecule has 1 aromatic rings. The summed E-state index contributed by atoms with van der Waals surface area (Å²) in [6, 6.07) is 2.25. The first-order chi connectivity index (χ1) is 8.54. The first-order valence-electron chi connectivity index (χ1n) is 5.71. The number of aromatic nitrogens is 1. The van der Waals surface area contributed by atoms with E-state index in [4.69, 9.17) is 5.11 Å². The van der Waals surface area contributed by atoms with Crippen molar-refractivity contribution >= 4 is 15.8 Å². The van der Waals surface area contributed by atoms with E-state index in [-0.39, 0.29) is 17.9 Å². The van der Waals surface area contributed by atoms with Crippen molar-refractivity contribution < 1.29 is 18.3 Å². The molecule has 1 rings (SSSR count). The van der Waals surface area contributed by atoms with Crippen molar-refractivity contribution in [3.63, 3.8) is 0 Å². The Morgan fingerprint density at radius 2 is 1.95 bits per heavy atom. The summed E-state index contributed by atoms with van der Waals surface area (Å²) in [5, 5.41) is 8.72. The minimum absolute atomic E-state index is 0.0122. The van der Waals surface area contributed by atoms with Gasteiger partial charge in [0.05, 0.1) is 16.1 Å². The molecular formula is C12H17NO5S. The third-order valence-corrected chi connectivity index (χ3v) is 5.36. The van der Waals surface area contributed by atoms with Crippen LogP contribution in [0.4, 0.5) is 0 Å². The average molecular weight is 287 g/mol. The normalized spacial score (nSPS) is 12.4. The molecule has 0 aliphatic heterocycles. The zero-order valence-electron chi connectivity index (χ0n) is 11.1. The fraction of sp³-hybridized carbons (Fsp3) is 0.500. The predicted octanol–water partition coefficient (Wildman–Crippen LogP) is 0.760. The van der Waals surface area contributed by atoms with E-state index in [1.807, 2.05) is 0 Å². The van der Waals surface area contributed by atoms with Gasteiger partial charge in [-0.3, -0.25) is 4.79 Å². The molecule has 0 atom stereocenters. The molecule has 7 heteroatoms. The second-order valence-corrected chi connectivity index (χ2v) is 8.05. The van der Waals surface area contributed by atoms with Gasteiger partial charge in [0.15, 0.2) is 9.84 Å². The molecule has 0 bridgehead atoms.